The summed E-state index contributed by atoms with van der Waals surface area (Å²) in [6, 6.07) is 3.17. The standard InChI is InChI=1S/C18H21F3N4O3S/c19-18(20,21)14-10-12(11-22)3-4-16(14)29(27,28)24-13-5-8-25(9-6-13)17(26)15-2-1-7-23-15/h3-4,10,13,15,23-24H,1-2,5-9H2/t15-/m0/s1. The maximum absolute atomic E-state index is 13.3. The van der Waals surface area contributed by atoms with Crippen LogP contribution in [0.5, 0.6) is 0 Å². The molecule has 3 rings (SSSR count). The van der Waals surface area contributed by atoms with Gasteiger partial charge in [-0.1, -0.05) is 0 Å². The van der Waals surface area contributed by atoms with E-state index in [-0.39, 0.29) is 17.5 Å². The molecule has 0 bridgehead atoms. The number of rotatable bonds is 4. The first-order chi connectivity index (χ1) is 13.6. The number of benzene rings is 1. The molecule has 29 heavy (non-hydrogen) atoms. The number of nitrogens with one attached hydrogen (secondary N) is 2. The molecule has 0 aliphatic carbocycles. The minimum atomic E-state index is -4.92. The van der Waals surface area contributed by atoms with Gasteiger partial charge in [-0.2, -0.15) is 18.4 Å². The van der Waals surface area contributed by atoms with E-state index in [1.807, 2.05) is 0 Å². The number of nitrogens with zero attached hydrogens (tertiary/aromatic N) is 2. The highest BCUT2D eigenvalue weighted by atomic mass is 32.2. The highest BCUT2D eigenvalue weighted by molar-refractivity contribution is 7.89. The van der Waals surface area contributed by atoms with Gasteiger partial charge in [-0.05, 0) is 50.4 Å². The average Bonchev–Trinajstić information content (AvgIpc) is 3.21. The number of carbonyl (C=O) groups excluding carboxylic acids is 1. The molecule has 1 atom stereocenters. The van der Waals surface area contributed by atoms with Crippen LogP contribution >= 0.6 is 0 Å². The lowest BCUT2D eigenvalue weighted by Gasteiger charge is -2.33. The van der Waals surface area contributed by atoms with Crippen LogP contribution in [0.2, 0.25) is 0 Å². The third-order valence-corrected chi connectivity index (χ3v) is 6.77. The number of carbonyl (C=O) groups is 1. The van der Waals surface area contributed by atoms with E-state index in [4.69, 9.17) is 5.26 Å². The van der Waals surface area contributed by atoms with Gasteiger partial charge in [-0.3, -0.25) is 4.79 Å². The van der Waals surface area contributed by atoms with E-state index in [0.29, 0.717) is 32.0 Å². The lowest BCUT2D eigenvalue weighted by Crippen LogP contribution is -2.50. The summed E-state index contributed by atoms with van der Waals surface area (Å²) in [6.07, 6.45) is -2.59. The van der Waals surface area contributed by atoms with E-state index in [0.717, 1.165) is 31.5 Å². The van der Waals surface area contributed by atoms with Crippen LogP contribution < -0.4 is 10.0 Å². The summed E-state index contributed by atoms with van der Waals surface area (Å²) >= 11 is 0. The Kier molecular flexibility index (Phi) is 6.16. The van der Waals surface area contributed by atoms with E-state index in [1.165, 1.54) is 0 Å². The van der Waals surface area contributed by atoms with Crippen molar-refractivity contribution in [2.75, 3.05) is 19.6 Å². The van der Waals surface area contributed by atoms with Gasteiger partial charge in [0.15, 0.2) is 0 Å². The van der Waals surface area contributed by atoms with E-state index < -0.39 is 32.7 Å². The van der Waals surface area contributed by atoms with Crippen LogP contribution in [0.25, 0.3) is 0 Å². The minimum absolute atomic E-state index is 0.0183. The second kappa shape index (κ2) is 8.30. The number of piperidine rings is 1. The number of hydrogen-bond donors (Lipinski definition) is 2. The third-order valence-electron chi connectivity index (χ3n) is 5.19. The molecular weight excluding hydrogens is 409 g/mol. The largest absolute Gasteiger partial charge is 0.417 e. The summed E-state index contributed by atoms with van der Waals surface area (Å²) in [5.74, 6) is -0.0183. The zero-order valence-corrected chi connectivity index (χ0v) is 16.3. The topological polar surface area (TPSA) is 102 Å². The number of halogens is 3. The van der Waals surface area contributed by atoms with Crippen LogP contribution in [0, 0.1) is 11.3 Å². The fraction of sp³-hybridized carbons (Fsp3) is 0.556. The summed E-state index contributed by atoms with van der Waals surface area (Å²) in [5.41, 5.74) is -1.65. The van der Waals surface area contributed by atoms with Crippen molar-refractivity contribution in [2.24, 2.45) is 0 Å². The van der Waals surface area contributed by atoms with Crippen molar-refractivity contribution in [1.29, 1.82) is 5.26 Å². The van der Waals surface area contributed by atoms with Crippen molar-refractivity contribution < 1.29 is 26.4 Å². The number of nitriles is 1. The van der Waals surface area contributed by atoms with E-state index in [2.05, 4.69) is 10.0 Å². The molecule has 158 valence electrons. The minimum Gasteiger partial charge on any atom is -0.341 e. The number of likely N-dealkylation sites (tertiary alicyclic amines) is 1. The molecule has 0 unspecified atom stereocenters. The molecule has 1 amide bonds. The van der Waals surface area contributed by atoms with Gasteiger partial charge in [0.05, 0.1) is 28.1 Å². The summed E-state index contributed by atoms with van der Waals surface area (Å²) in [7, 11) is -4.45. The predicted molar refractivity (Wildman–Crippen MR) is 97.1 cm³/mol. The molecule has 1 aromatic carbocycles. The molecule has 2 heterocycles. The van der Waals surface area contributed by atoms with Crippen LogP contribution in [-0.2, 0) is 21.0 Å². The summed E-state index contributed by atoms with van der Waals surface area (Å²) in [5, 5.41) is 11.9. The smallest absolute Gasteiger partial charge is 0.341 e. The molecule has 2 saturated heterocycles. The zero-order chi connectivity index (χ0) is 21.2. The first-order valence-electron chi connectivity index (χ1n) is 9.27. The molecule has 2 aliphatic rings. The van der Waals surface area contributed by atoms with Gasteiger partial charge in [0, 0.05) is 19.1 Å². The van der Waals surface area contributed by atoms with Crippen molar-refractivity contribution in [3.05, 3.63) is 29.3 Å². The van der Waals surface area contributed by atoms with Crippen molar-refractivity contribution >= 4 is 15.9 Å². The second-order valence-electron chi connectivity index (χ2n) is 7.19. The fourth-order valence-electron chi connectivity index (χ4n) is 3.67. The van der Waals surface area contributed by atoms with Crippen LogP contribution in [-0.4, -0.2) is 50.9 Å². The van der Waals surface area contributed by atoms with Gasteiger partial charge < -0.3 is 10.2 Å². The summed E-state index contributed by atoms with van der Waals surface area (Å²) < 4.78 is 67.5. The van der Waals surface area contributed by atoms with Crippen LogP contribution in [0.1, 0.15) is 36.8 Å². The molecule has 2 aliphatic heterocycles. The number of sulfonamides is 1. The van der Waals surface area contributed by atoms with E-state index >= 15 is 0 Å². The maximum atomic E-state index is 13.3. The Morgan fingerprint density at radius 2 is 1.93 bits per heavy atom. The Morgan fingerprint density at radius 1 is 1.24 bits per heavy atom. The SMILES string of the molecule is N#Cc1ccc(S(=O)(=O)NC2CCN(C(=O)[C@@H]3CCCN3)CC2)c(C(F)(F)F)c1. The average molecular weight is 430 g/mol. The van der Waals surface area contributed by atoms with Gasteiger partial charge in [0.25, 0.3) is 0 Å². The Hall–Kier alpha value is -2.16. The fourth-order valence-corrected chi connectivity index (χ4v) is 5.18. The number of amides is 1. The zero-order valence-electron chi connectivity index (χ0n) is 15.5. The van der Waals surface area contributed by atoms with E-state index in [9.17, 15) is 26.4 Å². The Labute approximate surface area is 166 Å². The lowest BCUT2D eigenvalue weighted by atomic mass is 10.0. The van der Waals surface area contributed by atoms with Crippen LogP contribution in [0.4, 0.5) is 13.2 Å². The third kappa shape index (κ3) is 4.88. The van der Waals surface area contributed by atoms with Crippen molar-refractivity contribution in [3.63, 3.8) is 0 Å². The molecule has 7 nitrogen and oxygen atoms in total. The number of alkyl halides is 3. The van der Waals surface area contributed by atoms with Crippen LogP contribution in [0.15, 0.2) is 23.1 Å². The van der Waals surface area contributed by atoms with Gasteiger partial charge in [-0.15, -0.1) is 0 Å². The molecule has 0 saturated carbocycles. The Balaban J connectivity index is 1.69. The van der Waals surface area contributed by atoms with Crippen molar-refractivity contribution in [1.82, 2.24) is 14.9 Å². The first kappa shape index (κ1) is 21.5. The highest BCUT2D eigenvalue weighted by Gasteiger charge is 2.38. The maximum Gasteiger partial charge on any atom is 0.417 e. The van der Waals surface area contributed by atoms with Crippen LogP contribution in [0.3, 0.4) is 0 Å². The Morgan fingerprint density at radius 3 is 2.48 bits per heavy atom. The molecule has 0 aromatic heterocycles. The Bertz CT molecular complexity index is 913. The normalized spacial score (nSPS) is 21.2. The molecule has 0 radical (unpaired) electrons. The molecule has 2 fully saturated rings. The first-order valence-corrected chi connectivity index (χ1v) is 10.8. The van der Waals surface area contributed by atoms with Gasteiger partial charge >= 0.3 is 6.18 Å². The molecule has 2 N–H and O–H groups in total. The molecular formula is C18H21F3N4O3S. The van der Waals surface area contributed by atoms with E-state index in [1.54, 1.807) is 11.0 Å². The second-order valence-corrected chi connectivity index (χ2v) is 8.87. The van der Waals surface area contributed by atoms with Crippen molar-refractivity contribution in [3.8, 4) is 6.07 Å². The molecule has 1 aromatic rings. The lowest BCUT2D eigenvalue weighted by molar-refractivity contribution is -0.140. The highest BCUT2D eigenvalue weighted by Crippen LogP contribution is 2.35. The monoisotopic (exact) mass is 430 g/mol. The van der Waals surface area contributed by atoms with Gasteiger partial charge in [0.2, 0.25) is 15.9 Å². The molecule has 11 heteroatoms. The predicted octanol–water partition coefficient (Wildman–Crippen LogP) is 1.60. The summed E-state index contributed by atoms with van der Waals surface area (Å²) in [4.78, 5) is 13.2. The number of hydrogen-bond acceptors (Lipinski definition) is 5. The summed E-state index contributed by atoms with van der Waals surface area (Å²) in [6.45, 7) is 1.46. The van der Waals surface area contributed by atoms with Gasteiger partial charge in [-0.25, -0.2) is 13.1 Å². The van der Waals surface area contributed by atoms with Crippen molar-refractivity contribution in [2.45, 2.75) is 48.8 Å². The molecule has 0 spiro atoms. The van der Waals surface area contributed by atoms with Gasteiger partial charge in [0.1, 0.15) is 0 Å². The quantitative estimate of drug-likeness (QED) is 0.756.